The van der Waals surface area contributed by atoms with Gasteiger partial charge >= 0.3 is 0 Å². The van der Waals surface area contributed by atoms with Gasteiger partial charge < -0.3 is 10.3 Å². The molecule has 2 N–H and O–H groups in total. The summed E-state index contributed by atoms with van der Waals surface area (Å²) in [7, 11) is 0. The molecular weight excluding hydrogens is 166 g/mol. The van der Waals surface area contributed by atoms with Crippen LogP contribution in [0.2, 0.25) is 0 Å². The van der Waals surface area contributed by atoms with E-state index in [9.17, 15) is 4.79 Å². The van der Waals surface area contributed by atoms with Crippen molar-refractivity contribution in [3.63, 3.8) is 0 Å². The minimum Gasteiger partial charge on any atom is -0.337 e. The van der Waals surface area contributed by atoms with Gasteiger partial charge in [0.25, 0.3) is 0 Å². The number of nitrogens with zero attached hydrogens (tertiary/aromatic N) is 2. The van der Waals surface area contributed by atoms with Gasteiger partial charge in [-0.2, -0.15) is 0 Å². The molecule has 1 fully saturated rings. The molecule has 0 atom stereocenters. The Hall–Kier alpha value is -1.16. The lowest BCUT2D eigenvalue weighted by Gasteiger charge is -2.02. The highest BCUT2D eigenvalue weighted by Crippen LogP contribution is 2.35. The van der Waals surface area contributed by atoms with E-state index >= 15 is 0 Å². The molecule has 13 heavy (non-hydrogen) atoms. The Labute approximate surface area is 76.8 Å². The Morgan fingerprint density at radius 3 is 2.92 bits per heavy atom. The smallest absolute Gasteiger partial charge is 0.202 e. The Bertz CT molecular complexity index is 338. The third kappa shape index (κ3) is 1.37. The Balaban J connectivity index is 2.20. The average Bonchev–Trinajstić information content (AvgIpc) is 2.71. The molecule has 0 unspecified atom stereocenters. The van der Waals surface area contributed by atoms with E-state index in [0.29, 0.717) is 5.69 Å². The lowest BCUT2D eigenvalue weighted by Crippen LogP contribution is -2.32. The predicted octanol–water partition coefficient (Wildman–Crippen LogP) is 0.577. The minimum atomic E-state index is -0.590. The normalized spacial score (nSPS) is 18.6. The molecule has 0 aromatic carbocycles. The van der Waals surface area contributed by atoms with Crippen LogP contribution in [0.5, 0.6) is 0 Å². The molecule has 0 aliphatic heterocycles. The number of aromatic nitrogens is 2. The third-order valence-electron chi connectivity index (χ3n) is 2.47. The molecule has 0 saturated heterocycles. The molecule has 4 heteroatoms. The number of carbonyl (C=O) groups is 1. The van der Waals surface area contributed by atoms with E-state index in [4.69, 9.17) is 5.73 Å². The van der Waals surface area contributed by atoms with Gasteiger partial charge in [0.15, 0.2) is 0 Å². The van der Waals surface area contributed by atoms with Crippen LogP contribution in [-0.4, -0.2) is 20.9 Å². The number of hydrogen-bond acceptors (Lipinski definition) is 3. The second-order valence-corrected chi connectivity index (χ2v) is 3.57. The molecule has 0 spiro atoms. The maximum absolute atomic E-state index is 11.7. The van der Waals surface area contributed by atoms with E-state index in [1.807, 2.05) is 11.5 Å². The van der Waals surface area contributed by atoms with Gasteiger partial charge in [-0.05, 0) is 19.8 Å². The molecule has 0 bridgehead atoms. The monoisotopic (exact) mass is 179 g/mol. The zero-order valence-corrected chi connectivity index (χ0v) is 7.66. The maximum atomic E-state index is 11.7. The van der Waals surface area contributed by atoms with Gasteiger partial charge in [-0.25, -0.2) is 4.98 Å². The first kappa shape index (κ1) is 8.44. The van der Waals surface area contributed by atoms with Crippen LogP contribution >= 0.6 is 0 Å². The zero-order valence-electron chi connectivity index (χ0n) is 7.66. The largest absolute Gasteiger partial charge is 0.337 e. The standard InChI is InChI=1S/C9H13N3O/c1-2-12-5-7(11-6-12)8(13)9(10)3-4-9/h5-6H,2-4,10H2,1H3. The van der Waals surface area contributed by atoms with E-state index in [2.05, 4.69) is 4.98 Å². The van der Waals surface area contributed by atoms with Crippen LogP contribution in [0.15, 0.2) is 12.5 Å². The van der Waals surface area contributed by atoms with Gasteiger partial charge in [0, 0.05) is 12.7 Å². The SMILES string of the molecule is CCn1cnc(C(=O)C2(N)CC2)c1. The number of aryl methyl sites for hydroxylation is 1. The van der Waals surface area contributed by atoms with E-state index in [1.165, 1.54) is 0 Å². The molecule has 1 aromatic rings. The Morgan fingerprint density at radius 1 is 1.77 bits per heavy atom. The van der Waals surface area contributed by atoms with Crippen molar-refractivity contribution in [1.29, 1.82) is 0 Å². The topological polar surface area (TPSA) is 60.9 Å². The molecule has 1 saturated carbocycles. The van der Waals surface area contributed by atoms with E-state index in [1.54, 1.807) is 12.5 Å². The average molecular weight is 179 g/mol. The van der Waals surface area contributed by atoms with Crippen molar-refractivity contribution in [2.75, 3.05) is 0 Å². The van der Waals surface area contributed by atoms with E-state index in [-0.39, 0.29) is 5.78 Å². The number of imidazole rings is 1. The summed E-state index contributed by atoms with van der Waals surface area (Å²) < 4.78 is 1.87. The van der Waals surface area contributed by atoms with Crippen LogP contribution in [0.25, 0.3) is 0 Å². The quantitative estimate of drug-likeness (QED) is 0.690. The van der Waals surface area contributed by atoms with Gasteiger partial charge in [0.2, 0.25) is 5.78 Å². The fourth-order valence-electron chi connectivity index (χ4n) is 1.27. The van der Waals surface area contributed by atoms with Gasteiger partial charge in [-0.15, -0.1) is 0 Å². The van der Waals surface area contributed by atoms with Gasteiger partial charge in [-0.3, -0.25) is 4.79 Å². The molecule has 1 aliphatic rings. The number of hydrogen-bond donors (Lipinski definition) is 1. The van der Waals surface area contributed by atoms with Crippen molar-refractivity contribution in [2.45, 2.75) is 31.8 Å². The maximum Gasteiger partial charge on any atom is 0.202 e. The van der Waals surface area contributed by atoms with Gasteiger partial charge in [0.05, 0.1) is 11.9 Å². The highest BCUT2D eigenvalue weighted by molar-refractivity contribution is 6.03. The van der Waals surface area contributed by atoms with E-state index < -0.39 is 5.54 Å². The summed E-state index contributed by atoms with van der Waals surface area (Å²) in [5.74, 6) is -0.0142. The third-order valence-corrected chi connectivity index (χ3v) is 2.47. The molecule has 1 aliphatic carbocycles. The fourth-order valence-corrected chi connectivity index (χ4v) is 1.27. The summed E-state index contributed by atoms with van der Waals surface area (Å²) in [6, 6.07) is 0. The van der Waals surface area contributed by atoms with Crippen molar-refractivity contribution in [1.82, 2.24) is 9.55 Å². The molecule has 0 radical (unpaired) electrons. The van der Waals surface area contributed by atoms with Crippen molar-refractivity contribution in [2.24, 2.45) is 5.73 Å². The first-order chi connectivity index (χ1) is 6.15. The Morgan fingerprint density at radius 2 is 2.46 bits per heavy atom. The highest BCUT2D eigenvalue weighted by atomic mass is 16.1. The summed E-state index contributed by atoms with van der Waals surface area (Å²) >= 11 is 0. The predicted molar refractivity (Wildman–Crippen MR) is 48.4 cm³/mol. The summed E-state index contributed by atoms with van der Waals surface area (Å²) in [6.07, 6.45) is 5.02. The number of carbonyl (C=O) groups excluding carboxylic acids is 1. The fraction of sp³-hybridized carbons (Fsp3) is 0.556. The molecule has 2 rings (SSSR count). The molecule has 1 heterocycles. The first-order valence-corrected chi connectivity index (χ1v) is 4.51. The van der Waals surface area contributed by atoms with Crippen molar-refractivity contribution in [3.8, 4) is 0 Å². The van der Waals surface area contributed by atoms with Crippen LogP contribution < -0.4 is 5.73 Å². The zero-order chi connectivity index (χ0) is 9.47. The summed E-state index contributed by atoms with van der Waals surface area (Å²) in [6.45, 7) is 2.84. The minimum absolute atomic E-state index is 0.0142. The lowest BCUT2D eigenvalue weighted by atomic mass is 10.1. The molecular formula is C9H13N3O. The van der Waals surface area contributed by atoms with Gasteiger partial charge in [-0.1, -0.05) is 0 Å². The number of Topliss-reactive ketones (excluding diaryl/α,β-unsaturated/α-hetero) is 1. The number of rotatable bonds is 3. The van der Waals surface area contributed by atoms with Crippen LogP contribution in [-0.2, 0) is 6.54 Å². The first-order valence-electron chi connectivity index (χ1n) is 4.51. The lowest BCUT2D eigenvalue weighted by molar-refractivity contribution is 0.0944. The van der Waals surface area contributed by atoms with Crippen LogP contribution in [0, 0.1) is 0 Å². The number of ketones is 1. The van der Waals surface area contributed by atoms with E-state index in [0.717, 1.165) is 19.4 Å². The molecule has 0 amide bonds. The molecule has 70 valence electrons. The second-order valence-electron chi connectivity index (χ2n) is 3.57. The second kappa shape index (κ2) is 2.67. The molecule has 1 aromatic heterocycles. The Kier molecular flexibility index (Phi) is 1.73. The van der Waals surface area contributed by atoms with Crippen LogP contribution in [0.1, 0.15) is 30.3 Å². The summed E-state index contributed by atoms with van der Waals surface area (Å²) in [5, 5.41) is 0. The molecule has 4 nitrogen and oxygen atoms in total. The summed E-state index contributed by atoms with van der Waals surface area (Å²) in [4.78, 5) is 15.7. The van der Waals surface area contributed by atoms with Crippen molar-refractivity contribution in [3.05, 3.63) is 18.2 Å². The van der Waals surface area contributed by atoms with Crippen LogP contribution in [0.3, 0.4) is 0 Å². The van der Waals surface area contributed by atoms with Gasteiger partial charge in [0.1, 0.15) is 5.69 Å². The summed E-state index contributed by atoms with van der Waals surface area (Å²) in [5.41, 5.74) is 5.69. The van der Waals surface area contributed by atoms with Crippen molar-refractivity contribution < 1.29 is 4.79 Å². The van der Waals surface area contributed by atoms with Crippen molar-refractivity contribution >= 4 is 5.78 Å². The van der Waals surface area contributed by atoms with Crippen LogP contribution in [0.4, 0.5) is 0 Å². The number of nitrogens with two attached hydrogens (primary N) is 1. The highest BCUT2D eigenvalue weighted by Gasteiger charge is 2.46.